The smallest absolute Gasteiger partial charge is 0.195 e. The maximum Gasteiger partial charge on any atom is 0.195 e. The molecule has 0 spiro atoms. The molecule has 0 atom stereocenters. The molecule has 2 aromatic carbocycles. The largest absolute Gasteiger partial charge is 0.392 e. The molecule has 3 nitrogen and oxygen atoms in total. The van der Waals surface area contributed by atoms with Crippen LogP contribution in [0.2, 0.25) is 0 Å². The summed E-state index contributed by atoms with van der Waals surface area (Å²) in [6.45, 7) is -0.0723. The Balaban J connectivity index is 2.41. The number of hydrogen-bond acceptors (Lipinski definition) is 4. The van der Waals surface area contributed by atoms with Crippen molar-refractivity contribution in [3.8, 4) is 0 Å². The van der Waals surface area contributed by atoms with Crippen molar-refractivity contribution in [2.24, 2.45) is 0 Å². The summed E-state index contributed by atoms with van der Waals surface area (Å²) in [5, 5.41) is 19.7. The van der Waals surface area contributed by atoms with Crippen molar-refractivity contribution in [1.29, 1.82) is 0 Å². The molecule has 3 rings (SSSR count). The summed E-state index contributed by atoms with van der Waals surface area (Å²) in [5.74, 6) is 0. The summed E-state index contributed by atoms with van der Waals surface area (Å²) in [7, 11) is 0. The third kappa shape index (κ3) is 2.04. The monoisotopic (exact) mass is 272 g/mol. The zero-order chi connectivity index (χ0) is 13.4. The first-order chi connectivity index (χ1) is 9.22. The predicted octanol–water partition coefficient (Wildman–Crippen LogP) is 2.40. The van der Waals surface area contributed by atoms with Gasteiger partial charge in [-0.3, -0.25) is 4.79 Å². The number of benzene rings is 2. The van der Waals surface area contributed by atoms with Crippen molar-refractivity contribution in [3.63, 3.8) is 0 Å². The molecule has 0 bridgehead atoms. The van der Waals surface area contributed by atoms with Crippen LogP contribution in [-0.4, -0.2) is 10.2 Å². The zero-order valence-corrected chi connectivity index (χ0v) is 10.9. The molecule has 1 heterocycles. The lowest BCUT2D eigenvalue weighted by molar-refractivity contribution is 0.282. The van der Waals surface area contributed by atoms with Gasteiger partial charge < -0.3 is 10.2 Å². The number of fused-ring (bicyclic) bond motifs is 2. The first-order valence-corrected chi connectivity index (χ1v) is 6.74. The van der Waals surface area contributed by atoms with E-state index >= 15 is 0 Å². The van der Waals surface area contributed by atoms with Crippen molar-refractivity contribution in [3.05, 3.63) is 57.7 Å². The fourth-order valence-electron chi connectivity index (χ4n) is 2.14. The zero-order valence-electron chi connectivity index (χ0n) is 10.1. The number of hydrogen-bond donors (Lipinski definition) is 2. The molecule has 4 heteroatoms. The Morgan fingerprint density at radius 2 is 1.32 bits per heavy atom. The number of aliphatic hydroxyl groups excluding tert-OH is 2. The van der Waals surface area contributed by atoms with E-state index in [4.69, 9.17) is 10.2 Å². The van der Waals surface area contributed by atoms with E-state index in [1.54, 1.807) is 24.3 Å². The van der Waals surface area contributed by atoms with Crippen molar-refractivity contribution in [2.45, 2.75) is 13.2 Å². The minimum absolute atomic E-state index is 0.00210. The van der Waals surface area contributed by atoms with E-state index in [0.717, 1.165) is 20.5 Å². The Hall–Kier alpha value is -1.75. The van der Waals surface area contributed by atoms with Crippen LogP contribution in [0.1, 0.15) is 11.1 Å². The normalized spacial score (nSPS) is 11.3. The molecule has 0 aliphatic heterocycles. The van der Waals surface area contributed by atoms with Gasteiger partial charge in [-0.05, 0) is 35.4 Å². The fourth-order valence-corrected chi connectivity index (χ4v) is 3.34. The van der Waals surface area contributed by atoms with E-state index in [1.165, 1.54) is 11.3 Å². The van der Waals surface area contributed by atoms with Crippen LogP contribution in [0.25, 0.3) is 20.2 Å². The van der Waals surface area contributed by atoms with Crippen molar-refractivity contribution < 1.29 is 10.2 Å². The molecule has 0 aliphatic rings. The molecule has 0 saturated heterocycles. The van der Waals surface area contributed by atoms with Crippen LogP contribution < -0.4 is 5.43 Å². The average Bonchev–Trinajstić information content (AvgIpc) is 2.46. The Bertz CT molecular complexity index is 756. The summed E-state index contributed by atoms with van der Waals surface area (Å²) in [4.78, 5) is 12.4. The SMILES string of the molecule is O=c1c2ccc(CO)cc2sc2cc(CO)ccc12. The van der Waals surface area contributed by atoms with E-state index in [0.29, 0.717) is 10.8 Å². The molecule has 0 saturated carbocycles. The maximum atomic E-state index is 12.4. The molecule has 96 valence electrons. The van der Waals surface area contributed by atoms with Gasteiger partial charge >= 0.3 is 0 Å². The molecule has 2 N–H and O–H groups in total. The first-order valence-electron chi connectivity index (χ1n) is 5.93. The van der Waals surface area contributed by atoms with Crippen molar-refractivity contribution in [2.75, 3.05) is 0 Å². The fraction of sp³-hybridized carbons (Fsp3) is 0.133. The Kier molecular flexibility index (Phi) is 3.06. The number of rotatable bonds is 2. The summed E-state index contributed by atoms with van der Waals surface area (Å²) >= 11 is 1.50. The predicted molar refractivity (Wildman–Crippen MR) is 77.4 cm³/mol. The van der Waals surface area contributed by atoms with Gasteiger partial charge in [-0.15, -0.1) is 11.3 Å². The molecule has 0 unspecified atom stereocenters. The standard InChI is InChI=1S/C15H12O3S/c16-7-9-1-3-11-13(5-9)19-14-6-10(8-17)2-4-12(14)15(11)18/h1-6,16-17H,7-8H2. The second-order valence-electron chi connectivity index (χ2n) is 4.41. The molecular weight excluding hydrogens is 260 g/mol. The Morgan fingerprint density at radius 3 is 1.74 bits per heavy atom. The third-order valence-corrected chi connectivity index (χ3v) is 4.28. The van der Waals surface area contributed by atoms with E-state index in [-0.39, 0.29) is 18.6 Å². The molecule has 1 aromatic heterocycles. The Morgan fingerprint density at radius 1 is 0.842 bits per heavy atom. The van der Waals surface area contributed by atoms with E-state index in [2.05, 4.69) is 0 Å². The first kappa shape index (κ1) is 12.3. The van der Waals surface area contributed by atoms with Gasteiger partial charge in [0.1, 0.15) is 0 Å². The van der Waals surface area contributed by atoms with Crippen LogP contribution in [0.5, 0.6) is 0 Å². The number of aliphatic hydroxyl groups is 2. The highest BCUT2D eigenvalue weighted by molar-refractivity contribution is 7.24. The quantitative estimate of drug-likeness (QED) is 0.704. The minimum atomic E-state index is -0.0361. The van der Waals surface area contributed by atoms with E-state index in [9.17, 15) is 4.79 Å². The highest BCUT2D eigenvalue weighted by Gasteiger charge is 2.07. The molecule has 0 fully saturated rings. The van der Waals surface area contributed by atoms with Crippen LogP contribution >= 0.6 is 11.3 Å². The van der Waals surface area contributed by atoms with Crippen molar-refractivity contribution in [1.82, 2.24) is 0 Å². The highest BCUT2D eigenvalue weighted by Crippen LogP contribution is 2.26. The molecule has 0 radical (unpaired) electrons. The van der Waals surface area contributed by atoms with Gasteiger partial charge in [0.2, 0.25) is 0 Å². The Labute approximate surface area is 113 Å². The van der Waals surface area contributed by atoms with Gasteiger partial charge in [-0.2, -0.15) is 0 Å². The lowest BCUT2D eigenvalue weighted by Crippen LogP contribution is -2.01. The third-order valence-electron chi connectivity index (χ3n) is 3.17. The summed E-state index contributed by atoms with van der Waals surface area (Å²) in [6, 6.07) is 10.7. The average molecular weight is 272 g/mol. The topological polar surface area (TPSA) is 57.5 Å². The molecule has 19 heavy (non-hydrogen) atoms. The van der Waals surface area contributed by atoms with Gasteiger partial charge in [0, 0.05) is 20.2 Å². The van der Waals surface area contributed by atoms with Crippen LogP contribution in [0.4, 0.5) is 0 Å². The van der Waals surface area contributed by atoms with Gasteiger partial charge in [-0.25, -0.2) is 0 Å². The van der Waals surface area contributed by atoms with Crippen LogP contribution in [-0.2, 0) is 13.2 Å². The summed E-state index contributed by atoms with van der Waals surface area (Å²) < 4.78 is 1.72. The minimum Gasteiger partial charge on any atom is -0.392 e. The van der Waals surface area contributed by atoms with E-state index < -0.39 is 0 Å². The lowest BCUT2D eigenvalue weighted by Gasteiger charge is -2.04. The highest BCUT2D eigenvalue weighted by atomic mass is 32.1. The molecular formula is C15H12O3S. The van der Waals surface area contributed by atoms with Crippen LogP contribution in [0, 0.1) is 0 Å². The van der Waals surface area contributed by atoms with E-state index in [1.807, 2.05) is 12.1 Å². The van der Waals surface area contributed by atoms with Gasteiger partial charge in [0.05, 0.1) is 13.2 Å². The lowest BCUT2D eigenvalue weighted by atomic mass is 10.1. The van der Waals surface area contributed by atoms with Gasteiger partial charge in [0.15, 0.2) is 5.43 Å². The molecule has 0 aliphatic carbocycles. The summed E-state index contributed by atoms with van der Waals surface area (Å²) in [5.41, 5.74) is 1.58. The van der Waals surface area contributed by atoms with Crippen LogP contribution in [0.15, 0.2) is 41.2 Å². The second-order valence-corrected chi connectivity index (χ2v) is 5.49. The van der Waals surface area contributed by atoms with Crippen LogP contribution in [0.3, 0.4) is 0 Å². The summed E-state index contributed by atoms with van der Waals surface area (Å²) in [6.07, 6.45) is 0. The molecule has 3 aromatic rings. The maximum absolute atomic E-state index is 12.4. The second kappa shape index (κ2) is 4.74. The van der Waals surface area contributed by atoms with Gasteiger partial charge in [-0.1, -0.05) is 12.1 Å². The van der Waals surface area contributed by atoms with Gasteiger partial charge in [0.25, 0.3) is 0 Å². The molecule has 0 amide bonds. The van der Waals surface area contributed by atoms with Crippen molar-refractivity contribution >= 4 is 31.5 Å².